The molecule has 2 unspecified atom stereocenters. The number of halogens is 3. The lowest BCUT2D eigenvalue weighted by Crippen LogP contribution is -2.10. The predicted molar refractivity (Wildman–Crippen MR) is 49.8 cm³/mol. The molecule has 0 radical (unpaired) electrons. The highest BCUT2D eigenvalue weighted by Crippen LogP contribution is 2.35. The Labute approximate surface area is 79.0 Å². The molecule has 10 heavy (non-hydrogen) atoms. The molecule has 1 rings (SSSR count). The molecule has 1 aliphatic rings. The van der Waals surface area contributed by atoms with Crippen molar-refractivity contribution >= 4 is 39.1 Å². The molecular formula is C7H7BrCl2. The Morgan fingerprint density at radius 3 is 2.70 bits per heavy atom. The fraction of sp³-hybridized carbons (Fsp3) is 0.429. The Bertz CT molecular complexity index is 194. The molecule has 56 valence electrons. The lowest BCUT2D eigenvalue weighted by Gasteiger charge is -2.18. The summed E-state index contributed by atoms with van der Waals surface area (Å²) in [6.07, 6.45) is 5.65. The molecule has 0 aromatic rings. The summed E-state index contributed by atoms with van der Waals surface area (Å²) in [5, 5.41) is 0.786. The molecule has 0 aromatic carbocycles. The minimum absolute atomic E-state index is 0.297. The quantitative estimate of drug-likeness (QED) is 0.449. The van der Waals surface area contributed by atoms with Crippen LogP contribution in [0.15, 0.2) is 23.3 Å². The van der Waals surface area contributed by atoms with Crippen molar-refractivity contribution in [3.63, 3.8) is 0 Å². The Hall–Kier alpha value is 0.540. The van der Waals surface area contributed by atoms with E-state index in [0.717, 1.165) is 5.03 Å². The van der Waals surface area contributed by atoms with Crippen LogP contribution in [-0.2, 0) is 0 Å². The van der Waals surface area contributed by atoms with Crippen molar-refractivity contribution in [2.24, 2.45) is 5.92 Å². The third kappa shape index (κ3) is 2.01. The molecule has 0 aliphatic heterocycles. The van der Waals surface area contributed by atoms with Gasteiger partial charge < -0.3 is 0 Å². The Morgan fingerprint density at radius 2 is 2.30 bits per heavy atom. The molecule has 0 nitrogen and oxygen atoms in total. The van der Waals surface area contributed by atoms with Crippen LogP contribution in [0.1, 0.15) is 6.92 Å². The second-order valence-electron chi connectivity index (χ2n) is 2.35. The summed E-state index contributed by atoms with van der Waals surface area (Å²) in [6.45, 7) is 2.02. The van der Waals surface area contributed by atoms with Crippen molar-refractivity contribution in [3.8, 4) is 0 Å². The highest BCUT2D eigenvalue weighted by molar-refractivity contribution is 9.10. The molecule has 0 heterocycles. The van der Waals surface area contributed by atoms with Crippen molar-refractivity contribution < 1.29 is 0 Å². The average Bonchev–Trinajstić information content (AvgIpc) is 1.79. The van der Waals surface area contributed by atoms with Crippen LogP contribution in [0.4, 0.5) is 0 Å². The first kappa shape index (κ1) is 8.63. The van der Waals surface area contributed by atoms with E-state index in [9.17, 15) is 0 Å². The number of allylic oxidation sites excluding steroid dienone is 4. The maximum Gasteiger partial charge on any atom is 0.137 e. The van der Waals surface area contributed by atoms with Crippen LogP contribution in [0.5, 0.6) is 0 Å². The van der Waals surface area contributed by atoms with Crippen LogP contribution in [0.3, 0.4) is 0 Å². The van der Waals surface area contributed by atoms with E-state index in [0.29, 0.717) is 5.92 Å². The molecule has 0 aromatic heterocycles. The number of hydrogen-bond acceptors (Lipinski definition) is 0. The standard InChI is InChI=1S/C7H7BrCl2/c1-5-2-3-7(8,10)4-6(5)9/h2-5H,1H3. The summed E-state index contributed by atoms with van der Waals surface area (Å²) < 4.78 is -0.559. The minimum Gasteiger partial charge on any atom is -0.0974 e. The molecule has 0 fully saturated rings. The minimum atomic E-state index is -0.559. The Morgan fingerprint density at radius 1 is 1.70 bits per heavy atom. The normalized spacial score (nSPS) is 39.6. The first-order chi connectivity index (χ1) is 4.51. The van der Waals surface area contributed by atoms with Gasteiger partial charge in [-0.3, -0.25) is 0 Å². The Balaban J connectivity index is 2.85. The molecule has 0 amide bonds. The van der Waals surface area contributed by atoms with E-state index < -0.39 is 3.78 Å². The van der Waals surface area contributed by atoms with Gasteiger partial charge >= 0.3 is 0 Å². The third-order valence-corrected chi connectivity index (χ3v) is 2.55. The summed E-state index contributed by atoms with van der Waals surface area (Å²) in [4.78, 5) is 0. The van der Waals surface area contributed by atoms with E-state index in [1.165, 1.54) is 0 Å². The van der Waals surface area contributed by atoms with Crippen LogP contribution in [0.2, 0.25) is 0 Å². The summed E-state index contributed by atoms with van der Waals surface area (Å²) in [5.41, 5.74) is 0. The van der Waals surface area contributed by atoms with Gasteiger partial charge in [-0.05, 0) is 6.08 Å². The third-order valence-electron chi connectivity index (χ3n) is 1.37. The van der Waals surface area contributed by atoms with Gasteiger partial charge in [0.25, 0.3) is 0 Å². The smallest absolute Gasteiger partial charge is 0.0974 e. The van der Waals surface area contributed by atoms with Gasteiger partial charge in [-0.1, -0.05) is 58.2 Å². The molecule has 2 atom stereocenters. The number of rotatable bonds is 0. The molecule has 0 spiro atoms. The van der Waals surface area contributed by atoms with E-state index in [1.54, 1.807) is 6.08 Å². The van der Waals surface area contributed by atoms with Crippen LogP contribution in [-0.4, -0.2) is 3.78 Å². The maximum absolute atomic E-state index is 5.90. The monoisotopic (exact) mass is 240 g/mol. The van der Waals surface area contributed by atoms with Gasteiger partial charge in [0, 0.05) is 11.0 Å². The van der Waals surface area contributed by atoms with Gasteiger partial charge in [-0.25, -0.2) is 0 Å². The predicted octanol–water partition coefficient (Wildman–Crippen LogP) is 3.65. The van der Waals surface area contributed by atoms with E-state index in [2.05, 4.69) is 15.9 Å². The molecule has 3 heteroatoms. The van der Waals surface area contributed by atoms with E-state index in [-0.39, 0.29) is 0 Å². The maximum atomic E-state index is 5.90. The van der Waals surface area contributed by atoms with E-state index in [1.807, 2.05) is 19.1 Å². The van der Waals surface area contributed by atoms with E-state index in [4.69, 9.17) is 23.2 Å². The molecule has 0 bridgehead atoms. The highest BCUT2D eigenvalue weighted by Gasteiger charge is 2.22. The fourth-order valence-electron chi connectivity index (χ4n) is 0.728. The van der Waals surface area contributed by atoms with Crippen LogP contribution < -0.4 is 0 Å². The SMILES string of the molecule is CC1C=CC(Cl)(Br)C=C1Cl. The van der Waals surface area contributed by atoms with E-state index >= 15 is 0 Å². The van der Waals surface area contributed by atoms with Crippen molar-refractivity contribution in [2.75, 3.05) is 0 Å². The first-order valence-corrected chi connectivity index (χ1v) is 4.51. The summed E-state index contributed by atoms with van der Waals surface area (Å²) >= 11 is 15.0. The Kier molecular flexibility index (Phi) is 2.49. The summed E-state index contributed by atoms with van der Waals surface area (Å²) in [7, 11) is 0. The molecule has 0 saturated heterocycles. The molecular weight excluding hydrogens is 235 g/mol. The second kappa shape index (κ2) is 2.88. The van der Waals surface area contributed by atoms with Gasteiger partial charge in [-0.2, -0.15) is 0 Å². The average molecular weight is 242 g/mol. The zero-order valence-electron chi connectivity index (χ0n) is 5.44. The number of hydrogen-bond donors (Lipinski definition) is 0. The topological polar surface area (TPSA) is 0 Å². The molecule has 0 saturated carbocycles. The van der Waals surface area contributed by atoms with Crippen molar-refractivity contribution in [1.29, 1.82) is 0 Å². The largest absolute Gasteiger partial charge is 0.137 e. The van der Waals surface area contributed by atoms with Gasteiger partial charge in [-0.15, -0.1) is 0 Å². The van der Waals surface area contributed by atoms with Crippen molar-refractivity contribution in [3.05, 3.63) is 23.3 Å². The molecule has 1 aliphatic carbocycles. The van der Waals surface area contributed by atoms with Gasteiger partial charge in [0.15, 0.2) is 0 Å². The van der Waals surface area contributed by atoms with Gasteiger partial charge in [0.05, 0.1) is 0 Å². The van der Waals surface area contributed by atoms with Crippen LogP contribution in [0, 0.1) is 5.92 Å². The molecule has 0 N–H and O–H groups in total. The van der Waals surface area contributed by atoms with Gasteiger partial charge in [0.2, 0.25) is 0 Å². The second-order valence-corrected chi connectivity index (χ2v) is 5.18. The fourth-order valence-corrected chi connectivity index (χ4v) is 1.75. The lowest BCUT2D eigenvalue weighted by atomic mass is 10.1. The van der Waals surface area contributed by atoms with Crippen molar-refractivity contribution in [2.45, 2.75) is 10.7 Å². The van der Waals surface area contributed by atoms with Crippen molar-refractivity contribution in [1.82, 2.24) is 0 Å². The first-order valence-electron chi connectivity index (χ1n) is 2.97. The number of alkyl halides is 2. The zero-order valence-corrected chi connectivity index (χ0v) is 8.54. The van der Waals surface area contributed by atoms with Crippen LogP contribution in [0.25, 0.3) is 0 Å². The lowest BCUT2D eigenvalue weighted by molar-refractivity contribution is 0.884. The summed E-state index contributed by atoms with van der Waals surface area (Å²) in [6, 6.07) is 0. The summed E-state index contributed by atoms with van der Waals surface area (Å²) in [5.74, 6) is 0.297. The van der Waals surface area contributed by atoms with Crippen LogP contribution >= 0.6 is 39.1 Å². The zero-order chi connectivity index (χ0) is 7.78. The highest BCUT2D eigenvalue weighted by atomic mass is 79.9. The van der Waals surface area contributed by atoms with Gasteiger partial charge in [0.1, 0.15) is 3.78 Å².